The van der Waals surface area contributed by atoms with Crippen LogP contribution in [0.4, 0.5) is 0 Å². The maximum Gasteiger partial charge on any atom is 0.472 e. The van der Waals surface area contributed by atoms with Gasteiger partial charge in [-0.15, -0.1) is 0 Å². The first-order valence-corrected chi connectivity index (χ1v) is 34.9. The number of aliphatic hydroxyl groups excluding tert-OH is 1. The second-order valence-electron chi connectivity index (χ2n) is 24.6. The van der Waals surface area contributed by atoms with Gasteiger partial charge in [0.25, 0.3) is 0 Å². The second kappa shape index (κ2) is 57.2. The number of unbranched alkanes of at least 4 members (excludes halogenated alkanes) is 50. The molecule has 3 N–H and O–H groups in total. The van der Waals surface area contributed by atoms with Crippen molar-refractivity contribution in [2.24, 2.45) is 0 Å². The number of aliphatic hydroxyl groups is 1. The largest absolute Gasteiger partial charge is 0.472 e. The average Bonchev–Trinajstić information content (AvgIpc) is 3.36. The van der Waals surface area contributed by atoms with Gasteiger partial charge >= 0.3 is 7.82 Å². The van der Waals surface area contributed by atoms with Gasteiger partial charge in [0.2, 0.25) is 5.91 Å². The normalized spacial score (nSPS) is 13.7. The van der Waals surface area contributed by atoms with Gasteiger partial charge in [-0.3, -0.25) is 13.8 Å². The van der Waals surface area contributed by atoms with Crippen molar-refractivity contribution in [3.63, 3.8) is 0 Å². The summed E-state index contributed by atoms with van der Waals surface area (Å²) in [5.41, 5.74) is 0. The van der Waals surface area contributed by atoms with E-state index in [9.17, 15) is 19.4 Å². The molecule has 0 aliphatic rings. The van der Waals surface area contributed by atoms with E-state index in [-0.39, 0.29) is 19.1 Å². The molecule has 0 aromatic carbocycles. The Morgan fingerprint density at radius 2 is 0.649 bits per heavy atom. The number of hydrogen-bond donors (Lipinski definition) is 3. The van der Waals surface area contributed by atoms with Crippen LogP contribution in [-0.2, 0) is 18.4 Å². The monoisotopic (exact) mass is 1070 g/mol. The fourth-order valence-corrected chi connectivity index (χ4v) is 11.4. The van der Waals surface area contributed by atoms with Gasteiger partial charge in [0, 0.05) is 6.42 Å². The Morgan fingerprint density at radius 1 is 0.405 bits per heavy atom. The summed E-state index contributed by atoms with van der Waals surface area (Å²) in [6, 6.07) is -0.756. The number of nitrogens with one attached hydrogen (secondary N) is 1. The van der Waals surface area contributed by atoms with E-state index in [1.807, 2.05) is 21.1 Å². The predicted octanol–water partition coefficient (Wildman–Crippen LogP) is 20.8. The minimum Gasteiger partial charge on any atom is -0.391 e. The first-order chi connectivity index (χ1) is 36.0. The summed E-state index contributed by atoms with van der Waals surface area (Å²) in [7, 11) is 1.64. The van der Waals surface area contributed by atoms with Gasteiger partial charge in [-0.1, -0.05) is 341 Å². The highest BCUT2D eigenvalue weighted by Crippen LogP contribution is 2.43. The van der Waals surface area contributed by atoms with Crippen LogP contribution in [0.3, 0.4) is 0 Å². The molecule has 444 valence electrons. The number of quaternary nitrogens is 1. The van der Waals surface area contributed by atoms with Gasteiger partial charge in [-0.25, -0.2) is 4.57 Å². The van der Waals surface area contributed by atoms with E-state index >= 15 is 0 Å². The van der Waals surface area contributed by atoms with Crippen LogP contribution >= 0.6 is 7.82 Å². The number of carbonyl (C=O) groups excluding carboxylic acids is 1. The lowest BCUT2D eigenvalue weighted by atomic mass is 10.0. The van der Waals surface area contributed by atoms with Crippen molar-refractivity contribution in [2.75, 3.05) is 40.9 Å². The van der Waals surface area contributed by atoms with Gasteiger partial charge < -0.3 is 19.8 Å². The van der Waals surface area contributed by atoms with Crippen molar-refractivity contribution in [1.29, 1.82) is 0 Å². The van der Waals surface area contributed by atoms with Crippen molar-refractivity contribution in [1.82, 2.24) is 5.32 Å². The number of carbonyl (C=O) groups is 1. The molecule has 0 saturated carbocycles. The first kappa shape index (κ1) is 73.5. The van der Waals surface area contributed by atoms with E-state index in [0.29, 0.717) is 23.9 Å². The topological polar surface area (TPSA) is 105 Å². The Bertz CT molecular complexity index is 1170. The van der Waals surface area contributed by atoms with Crippen LogP contribution < -0.4 is 5.32 Å². The highest BCUT2D eigenvalue weighted by molar-refractivity contribution is 7.47. The Balaban J connectivity index is 3.99. The lowest BCUT2D eigenvalue weighted by molar-refractivity contribution is -0.870. The SMILES string of the molecule is CCCCCCCCCCCCCCCCCCCCCCCCCCCCCCCCCC(O)C(COP(=O)(O)OCC[N+](C)(C)C)NC(=O)CCCCCCCCCCCCCCCCCCCCCCC. The van der Waals surface area contributed by atoms with Crippen molar-refractivity contribution >= 4 is 13.7 Å². The maximum atomic E-state index is 13.0. The van der Waals surface area contributed by atoms with Crippen LogP contribution in [0, 0.1) is 0 Å². The minimum absolute atomic E-state index is 0.0794. The number of phosphoric acid groups is 1. The molecule has 0 spiro atoms. The van der Waals surface area contributed by atoms with Gasteiger partial charge in [0.15, 0.2) is 0 Å². The fraction of sp³-hybridized carbons (Fsp3) is 0.985. The van der Waals surface area contributed by atoms with Gasteiger partial charge in [-0.2, -0.15) is 0 Å². The fourth-order valence-electron chi connectivity index (χ4n) is 10.6. The molecule has 3 unspecified atom stereocenters. The van der Waals surface area contributed by atoms with Crippen molar-refractivity contribution in [3.05, 3.63) is 0 Å². The van der Waals surface area contributed by atoms with E-state index in [0.717, 1.165) is 38.5 Å². The Morgan fingerprint density at radius 3 is 0.905 bits per heavy atom. The number of amides is 1. The van der Waals surface area contributed by atoms with E-state index in [4.69, 9.17) is 9.05 Å². The summed E-state index contributed by atoms with van der Waals surface area (Å²) in [6.45, 7) is 4.96. The van der Waals surface area contributed by atoms with E-state index in [1.54, 1.807) is 0 Å². The molecular weight excluding hydrogens is 936 g/mol. The predicted molar refractivity (Wildman–Crippen MR) is 323 cm³/mol. The number of phosphoric ester groups is 1. The molecule has 0 saturated heterocycles. The van der Waals surface area contributed by atoms with Gasteiger partial charge in [0.1, 0.15) is 13.2 Å². The standard InChI is InChI=1S/C65H133N2O6P/c1-6-8-10-12-14-16-18-20-22-24-26-28-29-30-31-32-33-34-35-36-37-39-40-42-44-46-48-50-52-54-56-58-64(68)63(62-73-74(70,71)72-61-60-67(3,4)5)66-65(69)59-57-55-53-51-49-47-45-43-41-38-27-25-23-21-19-17-15-13-11-9-7-2/h63-64,68H,6-62H2,1-5H3,(H-,66,69,70,71)/p+1. The molecule has 0 aliphatic heterocycles. The number of rotatable bonds is 63. The number of nitrogens with zero attached hydrogens (tertiary/aromatic N) is 1. The van der Waals surface area contributed by atoms with Crippen LogP contribution in [0.2, 0.25) is 0 Å². The molecule has 3 atom stereocenters. The van der Waals surface area contributed by atoms with Gasteiger partial charge in [-0.05, 0) is 12.8 Å². The first-order valence-electron chi connectivity index (χ1n) is 33.4. The zero-order chi connectivity index (χ0) is 54.2. The highest BCUT2D eigenvalue weighted by Gasteiger charge is 2.28. The summed E-state index contributed by atoms with van der Waals surface area (Å²) in [5.74, 6) is -0.134. The molecular formula is C65H134N2O6P+. The summed E-state index contributed by atoms with van der Waals surface area (Å²) >= 11 is 0. The molecule has 0 rings (SSSR count). The van der Waals surface area contributed by atoms with Crippen molar-refractivity contribution in [3.8, 4) is 0 Å². The highest BCUT2D eigenvalue weighted by atomic mass is 31.2. The number of likely N-dealkylation sites (N-methyl/N-ethyl adjacent to an activating group) is 1. The third kappa shape index (κ3) is 59.2. The van der Waals surface area contributed by atoms with E-state index in [2.05, 4.69) is 19.2 Å². The van der Waals surface area contributed by atoms with Crippen molar-refractivity contribution in [2.45, 2.75) is 373 Å². The van der Waals surface area contributed by atoms with E-state index in [1.165, 1.54) is 295 Å². The zero-order valence-electron chi connectivity index (χ0n) is 50.9. The lowest BCUT2D eigenvalue weighted by Gasteiger charge is -2.26. The number of hydrogen-bond acceptors (Lipinski definition) is 5. The molecule has 74 heavy (non-hydrogen) atoms. The zero-order valence-corrected chi connectivity index (χ0v) is 51.8. The minimum atomic E-state index is -4.32. The Kier molecular flexibility index (Phi) is 56.8. The quantitative estimate of drug-likeness (QED) is 0.0318. The molecule has 1 amide bonds. The molecule has 0 fully saturated rings. The summed E-state index contributed by atoms with van der Waals surface area (Å²) in [6.07, 6.45) is 70.5. The van der Waals surface area contributed by atoms with Crippen LogP contribution in [-0.4, -0.2) is 73.4 Å². The molecule has 0 aromatic rings. The van der Waals surface area contributed by atoms with Crippen LogP contribution in [0.15, 0.2) is 0 Å². The van der Waals surface area contributed by atoms with Crippen LogP contribution in [0.25, 0.3) is 0 Å². The molecule has 0 radical (unpaired) electrons. The molecule has 0 bridgehead atoms. The molecule has 0 aliphatic carbocycles. The molecule has 9 heteroatoms. The summed E-state index contributed by atoms with van der Waals surface area (Å²) in [5, 5.41) is 14.1. The third-order valence-corrected chi connectivity index (χ3v) is 16.8. The van der Waals surface area contributed by atoms with Gasteiger partial charge in [0.05, 0.1) is 39.9 Å². The molecule has 0 heterocycles. The Hall–Kier alpha value is -0.500. The van der Waals surface area contributed by atoms with E-state index < -0.39 is 20.0 Å². The van der Waals surface area contributed by atoms with Crippen molar-refractivity contribution < 1.29 is 32.9 Å². The average molecular weight is 1070 g/mol. The lowest BCUT2D eigenvalue weighted by Crippen LogP contribution is -2.46. The maximum absolute atomic E-state index is 13.0. The summed E-state index contributed by atoms with van der Waals surface area (Å²) in [4.78, 5) is 23.4. The molecule has 0 aromatic heterocycles. The van der Waals surface area contributed by atoms with Crippen LogP contribution in [0.1, 0.15) is 361 Å². The third-order valence-electron chi connectivity index (χ3n) is 15.9. The smallest absolute Gasteiger partial charge is 0.391 e. The van der Waals surface area contributed by atoms with Crippen LogP contribution in [0.5, 0.6) is 0 Å². The Labute approximate surface area is 463 Å². The second-order valence-corrected chi connectivity index (χ2v) is 26.0. The molecule has 8 nitrogen and oxygen atoms in total. The summed E-state index contributed by atoms with van der Waals surface area (Å²) < 4.78 is 23.9.